The summed E-state index contributed by atoms with van der Waals surface area (Å²) in [6.07, 6.45) is 4.10. The molecule has 2 aliphatic carbocycles. The SMILES string of the molecule is CC(Sc1ccc(Cl)cc1)C(=O)NC1CC(N(CC(=O)O)CC2CC2)C1. The van der Waals surface area contributed by atoms with Crippen LogP contribution in [0.1, 0.15) is 32.6 Å². The Morgan fingerprint density at radius 3 is 2.54 bits per heavy atom. The molecule has 0 radical (unpaired) electrons. The molecule has 2 aliphatic rings. The Morgan fingerprint density at radius 1 is 1.31 bits per heavy atom. The van der Waals surface area contributed by atoms with Gasteiger partial charge >= 0.3 is 5.97 Å². The van der Waals surface area contributed by atoms with E-state index in [4.69, 9.17) is 16.7 Å². The van der Waals surface area contributed by atoms with Gasteiger partial charge in [-0.2, -0.15) is 0 Å². The van der Waals surface area contributed by atoms with E-state index in [1.807, 2.05) is 31.2 Å². The van der Waals surface area contributed by atoms with Crippen LogP contribution in [0.15, 0.2) is 29.2 Å². The Bertz CT molecular complexity index is 645. The standard InChI is InChI=1S/C19H25ClN2O3S/c1-12(26-17-6-4-14(20)5-7-17)19(25)21-15-8-16(9-15)22(11-18(23)24)10-13-2-3-13/h4-7,12-13,15-16H,2-3,8-11H2,1H3,(H,21,25)(H,23,24). The third-order valence-corrected chi connectivity index (χ3v) is 6.36. The zero-order chi connectivity index (χ0) is 18.7. The first kappa shape index (κ1) is 19.5. The van der Waals surface area contributed by atoms with Crippen LogP contribution in [0.25, 0.3) is 0 Å². The van der Waals surface area contributed by atoms with E-state index in [1.54, 1.807) is 0 Å². The lowest BCUT2D eigenvalue weighted by Crippen LogP contribution is -2.56. The number of rotatable bonds is 9. The van der Waals surface area contributed by atoms with Gasteiger partial charge in [0.25, 0.3) is 0 Å². The van der Waals surface area contributed by atoms with E-state index >= 15 is 0 Å². The molecule has 1 aromatic carbocycles. The summed E-state index contributed by atoms with van der Waals surface area (Å²) in [7, 11) is 0. The monoisotopic (exact) mass is 396 g/mol. The van der Waals surface area contributed by atoms with Gasteiger partial charge in [-0.15, -0.1) is 11.8 Å². The summed E-state index contributed by atoms with van der Waals surface area (Å²) in [5.41, 5.74) is 0. The molecule has 0 spiro atoms. The predicted molar refractivity (Wildman–Crippen MR) is 104 cm³/mol. The van der Waals surface area contributed by atoms with E-state index in [2.05, 4.69) is 10.2 Å². The molecule has 3 rings (SSSR count). The Kier molecular flexibility index (Phi) is 6.48. The van der Waals surface area contributed by atoms with Gasteiger partial charge < -0.3 is 10.4 Å². The van der Waals surface area contributed by atoms with Crippen LogP contribution in [0, 0.1) is 5.92 Å². The molecule has 1 unspecified atom stereocenters. The summed E-state index contributed by atoms with van der Waals surface area (Å²) in [5.74, 6) is -0.0784. The van der Waals surface area contributed by atoms with Crippen molar-refractivity contribution < 1.29 is 14.7 Å². The fraction of sp³-hybridized carbons (Fsp3) is 0.579. The molecule has 1 aromatic rings. The molecule has 1 atom stereocenters. The van der Waals surface area contributed by atoms with E-state index in [0.29, 0.717) is 10.9 Å². The third-order valence-electron chi connectivity index (χ3n) is 5.00. The zero-order valence-corrected chi connectivity index (χ0v) is 16.4. The molecule has 0 aliphatic heterocycles. The summed E-state index contributed by atoms with van der Waals surface area (Å²) in [6, 6.07) is 7.90. The quantitative estimate of drug-likeness (QED) is 0.627. The topological polar surface area (TPSA) is 69.6 Å². The van der Waals surface area contributed by atoms with E-state index in [9.17, 15) is 9.59 Å². The minimum absolute atomic E-state index is 0.0281. The number of carboxylic acid groups (broad SMARTS) is 1. The smallest absolute Gasteiger partial charge is 0.317 e. The maximum absolute atomic E-state index is 12.4. The number of aliphatic carboxylic acids is 1. The van der Waals surface area contributed by atoms with Gasteiger partial charge in [0, 0.05) is 28.5 Å². The highest BCUT2D eigenvalue weighted by Gasteiger charge is 2.38. The van der Waals surface area contributed by atoms with Crippen molar-refractivity contribution in [1.82, 2.24) is 10.2 Å². The van der Waals surface area contributed by atoms with Gasteiger partial charge in [-0.3, -0.25) is 14.5 Å². The highest BCUT2D eigenvalue weighted by molar-refractivity contribution is 8.00. The molecular weight excluding hydrogens is 372 g/mol. The summed E-state index contributed by atoms with van der Waals surface area (Å²) in [6.45, 7) is 2.87. The molecule has 2 fully saturated rings. The predicted octanol–water partition coefficient (Wildman–Crippen LogP) is 3.26. The highest BCUT2D eigenvalue weighted by Crippen LogP contribution is 2.34. The molecule has 5 nitrogen and oxygen atoms in total. The van der Waals surface area contributed by atoms with Gasteiger partial charge in [-0.1, -0.05) is 11.6 Å². The number of hydrogen-bond acceptors (Lipinski definition) is 4. The normalized spacial score (nSPS) is 23.3. The third kappa shape index (κ3) is 5.63. The Hall–Kier alpha value is -1.24. The number of nitrogens with zero attached hydrogens (tertiary/aromatic N) is 1. The van der Waals surface area contributed by atoms with Crippen molar-refractivity contribution in [1.29, 1.82) is 0 Å². The lowest BCUT2D eigenvalue weighted by Gasteiger charge is -2.43. The van der Waals surface area contributed by atoms with Gasteiger partial charge in [-0.05, 0) is 62.8 Å². The van der Waals surface area contributed by atoms with Gasteiger partial charge in [-0.25, -0.2) is 0 Å². The van der Waals surface area contributed by atoms with Crippen molar-refractivity contribution in [3.8, 4) is 0 Å². The molecule has 26 heavy (non-hydrogen) atoms. The van der Waals surface area contributed by atoms with E-state index in [-0.39, 0.29) is 29.8 Å². The summed E-state index contributed by atoms with van der Waals surface area (Å²) >= 11 is 7.39. The molecule has 0 saturated heterocycles. The van der Waals surface area contributed by atoms with Crippen molar-refractivity contribution in [2.75, 3.05) is 13.1 Å². The maximum Gasteiger partial charge on any atom is 0.317 e. The maximum atomic E-state index is 12.4. The van der Waals surface area contributed by atoms with E-state index < -0.39 is 5.97 Å². The van der Waals surface area contributed by atoms with Crippen molar-refractivity contribution in [3.63, 3.8) is 0 Å². The molecule has 1 amide bonds. The van der Waals surface area contributed by atoms with Crippen LogP contribution >= 0.6 is 23.4 Å². The molecule has 0 bridgehead atoms. The second-order valence-corrected chi connectivity index (χ2v) is 9.16. The number of benzene rings is 1. The first-order valence-electron chi connectivity index (χ1n) is 9.09. The fourth-order valence-electron chi connectivity index (χ4n) is 3.24. The van der Waals surface area contributed by atoms with Crippen LogP contribution in [0.4, 0.5) is 0 Å². The number of thioether (sulfide) groups is 1. The lowest BCUT2D eigenvalue weighted by molar-refractivity contribution is -0.140. The first-order valence-corrected chi connectivity index (χ1v) is 10.3. The molecule has 0 aromatic heterocycles. The summed E-state index contributed by atoms with van der Waals surface area (Å²) in [4.78, 5) is 26.6. The Morgan fingerprint density at radius 2 is 1.96 bits per heavy atom. The van der Waals surface area contributed by atoms with Crippen LogP contribution < -0.4 is 5.32 Å². The van der Waals surface area contributed by atoms with Crippen molar-refractivity contribution in [3.05, 3.63) is 29.3 Å². The highest BCUT2D eigenvalue weighted by atomic mass is 35.5. The second-order valence-electron chi connectivity index (χ2n) is 7.31. The average molecular weight is 397 g/mol. The molecule has 2 saturated carbocycles. The number of halogens is 1. The van der Waals surface area contributed by atoms with Crippen LogP contribution in [-0.4, -0.2) is 52.3 Å². The molecule has 142 valence electrons. The molecule has 2 N–H and O–H groups in total. The number of carbonyl (C=O) groups excluding carboxylic acids is 1. The summed E-state index contributed by atoms with van der Waals surface area (Å²) < 4.78 is 0. The minimum atomic E-state index is -0.772. The zero-order valence-electron chi connectivity index (χ0n) is 14.9. The van der Waals surface area contributed by atoms with E-state index in [1.165, 1.54) is 24.6 Å². The number of carboxylic acids is 1. The minimum Gasteiger partial charge on any atom is -0.480 e. The Labute approximate surface area is 163 Å². The number of nitrogens with one attached hydrogen (secondary N) is 1. The molecule has 7 heteroatoms. The Balaban J connectivity index is 1.42. The van der Waals surface area contributed by atoms with Gasteiger partial charge in [0.2, 0.25) is 5.91 Å². The number of hydrogen-bond donors (Lipinski definition) is 2. The average Bonchev–Trinajstić information content (AvgIpc) is 3.35. The summed E-state index contributed by atoms with van der Waals surface area (Å²) in [5, 5.41) is 12.7. The van der Waals surface area contributed by atoms with Crippen LogP contribution in [0.2, 0.25) is 5.02 Å². The lowest BCUT2D eigenvalue weighted by atomic mass is 9.85. The van der Waals surface area contributed by atoms with Crippen molar-refractivity contribution >= 4 is 35.2 Å². The van der Waals surface area contributed by atoms with Gasteiger partial charge in [0.15, 0.2) is 0 Å². The van der Waals surface area contributed by atoms with Crippen LogP contribution in [0.5, 0.6) is 0 Å². The molecule has 0 heterocycles. The van der Waals surface area contributed by atoms with Crippen LogP contribution in [-0.2, 0) is 9.59 Å². The van der Waals surface area contributed by atoms with Gasteiger partial charge in [0.05, 0.1) is 11.8 Å². The second kappa shape index (κ2) is 8.63. The first-order chi connectivity index (χ1) is 12.4. The largest absolute Gasteiger partial charge is 0.480 e. The van der Waals surface area contributed by atoms with Crippen molar-refractivity contribution in [2.45, 2.75) is 54.8 Å². The fourth-order valence-corrected chi connectivity index (χ4v) is 4.24. The van der Waals surface area contributed by atoms with Crippen LogP contribution in [0.3, 0.4) is 0 Å². The number of carbonyl (C=O) groups is 2. The van der Waals surface area contributed by atoms with Crippen molar-refractivity contribution in [2.24, 2.45) is 5.92 Å². The number of amides is 1. The molecular formula is C19H25ClN2O3S. The van der Waals surface area contributed by atoms with Gasteiger partial charge in [0.1, 0.15) is 0 Å². The van der Waals surface area contributed by atoms with E-state index in [0.717, 1.165) is 24.3 Å².